The summed E-state index contributed by atoms with van der Waals surface area (Å²) < 4.78 is 5.26. The Morgan fingerprint density at radius 2 is 1.58 bits per heavy atom. The standard InChI is InChI=1S/C17H23NO5Si/c1-17(2,16(21)22-10-11-24(3,4)5)23-18-14(19)12-8-6-7-9-13(12)15(18)20/h6-9H,10-11H2,1-5H3. The maximum Gasteiger partial charge on any atom is 0.340 e. The maximum atomic E-state index is 12.3. The molecule has 0 atom stereocenters. The number of benzene rings is 1. The summed E-state index contributed by atoms with van der Waals surface area (Å²) in [7, 11) is -1.32. The Balaban J connectivity index is 2.03. The first-order valence-electron chi connectivity index (χ1n) is 7.87. The summed E-state index contributed by atoms with van der Waals surface area (Å²) in [6, 6.07) is 7.28. The molecule has 0 aromatic heterocycles. The first-order chi connectivity index (χ1) is 11.0. The lowest BCUT2D eigenvalue weighted by Gasteiger charge is -2.27. The summed E-state index contributed by atoms with van der Waals surface area (Å²) in [4.78, 5) is 42.2. The molecule has 7 heteroatoms. The zero-order chi connectivity index (χ0) is 18.1. The van der Waals surface area contributed by atoms with E-state index in [9.17, 15) is 14.4 Å². The fourth-order valence-corrected chi connectivity index (χ4v) is 2.85. The number of esters is 1. The van der Waals surface area contributed by atoms with E-state index in [2.05, 4.69) is 19.6 Å². The second-order valence-corrected chi connectivity index (χ2v) is 13.1. The van der Waals surface area contributed by atoms with E-state index in [1.165, 1.54) is 13.8 Å². The fourth-order valence-electron chi connectivity index (χ4n) is 2.14. The fraction of sp³-hybridized carbons (Fsp3) is 0.471. The Labute approximate surface area is 142 Å². The number of nitrogens with zero attached hydrogens (tertiary/aromatic N) is 1. The van der Waals surface area contributed by atoms with E-state index >= 15 is 0 Å². The predicted octanol–water partition coefficient (Wildman–Crippen LogP) is 2.87. The Morgan fingerprint density at radius 1 is 1.08 bits per heavy atom. The van der Waals surface area contributed by atoms with Crippen LogP contribution in [-0.2, 0) is 14.4 Å². The number of ether oxygens (including phenoxy) is 1. The Kier molecular flexibility index (Phi) is 4.96. The highest BCUT2D eigenvalue weighted by molar-refractivity contribution is 6.76. The highest BCUT2D eigenvalue weighted by Crippen LogP contribution is 2.26. The molecule has 1 aliphatic rings. The number of hydroxylamine groups is 2. The number of fused-ring (bicyclic) bond motifs is 1. The molecule has 0 spiro atoms. The molecule has 0 bridgehead atoms. The van der Waals surface area contributed by atoms with Gasteiger partial charge in [0, 0.05) is 8.07 Å². The molecule has 24 heavy (non-hydrogen) atoms. The van der Waals surface area contributed by atoms with Gasteiger partial charge in [-0.3, -0.25) is 9.59 Å². The Morgan fingerprint density at radius 3 is 2.04 bits per heavy atom. The van der Waals surface area contributed by atoms with Gasteiger partial charge in [0.1, 0.15) is 0 Å². The molecule has 6 nitrogen and oxygen atoms in total. The topological polar surface area (TPSA) is 72.9 Å². The van der Waals surface area contributed by atoms with Gasteiger partial charge in [-0.1, -0.05) is 31.8 Å². The number of amides is 2. The lowest BCUT2D eigenvalue weighted by molar-refractivity contribution is -0.203. The average molecular weight is 349 g/mol. The number of rotatable bonds is 6. The molecule has 0 N–H and O–H groups in total. The number of imide groups is 1. The molecular formula is C17H23NO5Si. The van der Waals surface area contributed by atoms with Crippen molar-refractivity contribution >= 4 is 25.9 Å². The van der Waals surface area contributed by atoms with Crippen LogP contribution in [-0.4, -0.2) is 43.1 Å². The van der Waals surface area contributed by atoms with E-state index in [0.29, 0.717) is 11.7 Å². The molecule has 130 valence electrons. The third-order valence-electron chi connectivity index (χ3n) is 3.65. The lowest BCUT2D eigenvalue weighted by atomic mass is 10.1. The van der Waals surface area contributed by atoms with Gasteiger partial charge >= 0.3 is 5.97 Å². The minimum atomic E-state index is -1.44. The summed E-state index contributed by atoms with van der Waals surface area (Å²) in [5.74, 6) is -1.74. The molecule has 0 fully saturated rings. The van der Waals surface area contributed by atoms with Gasteiger partial charge in [0.05, 0.1) is 17.7 Å². The minimum absolute atomic E-state index is 0.269. The van der Waals surface area contributed by atoms with Crippen LogP contribution in [0, 0.1) is 0 Å². The quantitative estimate of drug-likeness (QED) is 0.448. The first-order valence-corrected chi connectivity index (χ1v) is 11.6. The van der Waals surface area contributed by atoms with Gasteiger partial charge in [0.2, 0.25) is 0 Å². The number of carbonyl (C=O) groups is 3. The molecule has 0 saturated carbocycles. The monoisotopic (exact) mass is 349 g/mol. The van der Waals surface area contributed by atoms with Crippen molar-refractivity contribution in [1.29, 1.82) is 0 Å². The summed E-state index contributed by atoms with van der Waals surface area (Å²) in [5.41, 5.74) is -0.900. The van der Waals surface area contributed by atoms with Crippen molar-refractivity contribution in [2.24, 2.45) is 0 Å². The van der Waals surface area contributed by atoms with Crippen LogP contribution < -0.4 is 0 Å². The van der Waals surface area contributed by atoms with Crippen LogP contribution in [0.25, 0.3) is 0 Å². The van der Waals surface area contributed by atoms with E-state index in [-0.39, 0.29) is 11.1 Å². The van der Waals surface area contributed by atoms with Crippen LogP contribution in [0.1, 0.15) is 34.6 Å². The van der Waals surface area contributed by atoms with Crippen molar-refractivity contribution in [3.05, 3.63) is 35.4 Å². The normalized spacial score (nSPS) is 14.8. The number of carbonyl (C=O) groups excluding carboxylic acids is 3. The molecule has 2 rings (SSSR count). The van der Waals surface area contributed by atoms with E-state index in [0.717, 1.165) is 6.04 Å². The van der Waals surface area contributed by atoms with Gasteiger partial charge < -0.3 is 4.74 Å². The third kappa shape index (κ3) is 3.91. The molecule has 1 heterocycles. The van der Waals surface area contributed by atoms with Crippen LogP contribution in [0.15, 0.2) is 24.3 Å². The van der Waals surface area contributed by atoms with Crippen molar-refractivity contribution in [3.8, 4) is 0 Å². The molecule has 0 unspecified atom stereocenters. The van der Waals surface area contributed by atoms with Crippen molar-refractivity contribution in [1.82, 2.24) is 5.06 Å². The second kappa shape index (κ2) is 6.49. The molecule has 1 aromatic rings. The molecule has 1 aliphatic heterocycles. The van der Waals surface area contributed by atoms with E-state index in [4.69, 9.17) is 9.57 Å². The molecule has 0 saturated heterocycles. The van der Waals surface area contributed by atoms with Crippen molar-refractivity contribution in [3.63, 3.8) is 0 Å². The maximum absolute atomic E-state index is 12.3. The highest BCUT2D eigenvalue weighted by Gasteiger charge is 2.43. The Hall–Kier alpha value is -1.99. The summed E-state index contributed by atoms with van der Waals surface area (Å²) in [6.45, 7) is 9.81. The largest absolute Gasteiger partial charge is 0.464 e. The summed E-state index contributed by atoms with van der Waals surface area (Å²) in [6.07, 6.45) is 0. The third-order valence-corrected chi connectivity index (χ3v) is 5.36. The van der Waals surface area contributed by atoms with Crippen molar-refractivity contribution in [2.75, 3.05) is 6.61 Å². The van der Waals surface area contributed by atoms with Gasteiger partial charge in [-0.2, -0.15) is 0 Å². The second-order valence-electron chi connectivity index (χ2n) is 7.50. The average Bonchev–Trinajstić information content (AvgIpc) is 2.71. The molecular weight excluding hydrogens is 326 g/mol. The van der Waals surface area contributed by atoms with Crippen LogP contribution in [0.3, 0.4) is 0 Å². The summed E-state index contributed by atoms with van der Waals surface area (Å²) in [5, 5.41) is 0.643. The first kappa shape index (κ1) is 18.3. The van der Waals surface area contributed by atoms with Crippen molar-refractivity contribution < 1.29 is 24.0 Å². The predicted molar refractivity (Wildman–Crippen MR) is 91.2 cm³/mol. The van der Waals surface area contributed by atoms with Crippen LogP contribution in [0.2, 0.25) is 25.7 Å². The zero-order valence-electron chi connectivity index (χ0n) is 14.7. The lowest BCUT2D eigenvalue weighted by Crippen LogP contribution is -2.45. The van der Waals surface area contributed by atoms with E-state index in [1.54, 1.807) is 24.3 Å². The number of hydrogen-bond donors (Lipinski definition) is 0. The molecule has 2 amide bonds. The summed E-state index contributed by atoms with van der Waals surface area (Å²) >= 11 is 0. The van der Waals surface area contributed by atoms with Crippen LogP contribution in [0.5, 0.6) is 0 Å². The smallest absolute Gasteiger partial charge is 0.340 e. The van der Waals surface area contributed by atoms with Gasteiger partial charge in [-0.25, -0.2) is 9.63 Å². The van der Waals surface area contributed by atoms with Gasteiger partial charge in [0.15, 0.2) is 5.60 Å². The van der Waals surface area contributed by atoms with Crippen LogP contribution >= 0.6 is 0 Å². The minimum Gasteiger partial charge on any atom is -0.464 e. The van der Waals surface area contributed by atoms with Crippen LogP contribution in [0.4, 0.5) is 0 Å². The Bertz CT molecular complexity index is 643. The van der Waals surface area contributed by atoms with Gasteiger partial charge in [-0.15, -0.1) is 5.06 Å². The zero-order valence-corrected chi connectivity index (χ0v) is 15.7. The molecule has 1 aromatic carbocycles. The van der Waals surface area contributed by atoms with E-state index < -0.39 is 31.5 Å². The molecule has 0 aliphatic carbocycles. The SMILES string of the molecule is CC(C)(ON1C(=O)c2ccccc2C1=O)C(=O)OCC[Si](C)(C)C. The van der Waals surface area contributed by atoms with Crippen molar-refractivity contribution in [2.45, 2.75) is 45.1 Å². The highest BCUT2D eigenvalue weighted by atomic mass is 28.3. The number of hydrogen-bond acceptors (Lipinski definition) is 5. The van der Waals surface area contributed by atoms with Gasteiger partial charge in [-0.05, 0) is 32.0 Å². The molecule has 0 radical (unpaired) electrons. The van der Waals surface area contributed by atoms with E-state index in [1.807, 2.05) is 0 Å². The van der Waals surface area contributed by atoms with Gasteiger partial charge in [0.25, 0.3) is 11.8 Å².